The molecule has 1 aliphatic rings. The molecule has 3 atom stereocenters. The fourth-order valence-corrected chi connectivity index (χ4v) is 4.31. The van der Waals surface area contributed by atoms with Gasteiger partial charge in [0.2, 0.25) is 0 Å². The Hall–Kier alpha value is -0.450. The molecule has 6 heteroatoms. The first-order valence-corrected chi connectivity index (χ1v) is 9.40. The summed E-state index contributed by atoms with van der Waals surface area (Å²) in [5.74, 6) is 0.910. The third-order valence-electron chi connectivity index (χ3n) is 4.18. The third-order valence-corrected chi connectivity index (χ3v) is 5.67. The average molecular weight is 344 g/mol. The number of hydrogen-bond donors (Lipinski definition) is 0. The summed E-state index contributed by atoms with van der Waals surface area (Å²) in [5.41, 5.74) is 1.75. The minimum Gasteiger partial charge on any atom is -0.308 e. The van der Waals surface area contributed by atoms with E-state index in [-0.39, 0.29) is 5.38 Å². The third kappa shape index (κ3) is 3.03. The zero-order chi connectivity index (χ0) is 15.0. The second-order valence-corrected chi connectivity index (χ2v) is 7.86. The van der Waals surface area contributed by atoms with Gasteiger partial charge in [0.25, 0.3) is 0 Å². The number of rotatable bonds is 3. The number of aromatic nitrogens is 3. The van der Waals surface area contributed by atoms with Crippen LogP contribution in [0.1, 0.15) is 49.9 Å². The number of halogens is 2. The van der Waals surface area contributed by atoms with Crippen molar-refractivity contribution in [1.82, 2.24) is 14.5 Å². The maximum atomic E-state index is 6.36. The lowest BCUT2D eigenvalue weighted by atomic mass is 9.94. The molecule has 2 aromatic heterocycles. The van der Waals surface area contributed by atoms with Crippen LogP contribution >= 0.6 is 35.0 Å². The minimum absolute atomic E-state index is 0.132. The molecule has 0 amide bonds. The van der Waals surface area contributed by atoms with E-state index < -0.39 is 0 Å². The molecule has 0 N–H and O–H groups in total. The van der Waals surface area contributed by atoms with E-state index in [0.717, 1.165) is 23.4 Å². The van der Waals surface area contributed by atoms with Gasteiger partial charge < -0.3 is 4.57 Å². The summed E-state index contributed by atoms with van der Waals surface area (Å²) in [6.45, 7) is 1.97. The lowest BCUT2D eigenvalue weighted by Gasteiger charge is -2.30. The van der Waals surface area contributed by atoms with Crippen LogP contribution in [0.4, 0.5) is 0 Å². The molecule has 0 bridgehead atoms. The van der Waals surface area contributed by atoms with Crippen LogP contribution in [0.3, 0.4) is 0 Å². The van der Waals surface area contributed by atoms with Crippen molar-refractivity contribution in [2.24, 2.45) is 0 Å². The van der Waals surface area contributed by atoms with Gasteiger partial charge in [0, 0.05) is 17.5 Å². The zero-order valence-electron chi connectivity index (χ0n) is 12.2. The first-order valence-electron chi connectivity index (χ1n) is 7.30. The van der Waals surface area contributed by atoms with Crippen LogP contribution in [0.2, 0.25) is 5.02 Å². The Kier molecular flexibility index (Phi) is 4.67. The second-order valence-electron chi connectivity index (χ2n) is 5.63. The Morgan fingerprint density at radius 3 is 2.95 bits per heavy atom. The SMILES string of the molecule is CSC1CCCC(n2c(C(C)Cl)nc3cc(Cl)cnc32)C1. The average Bonchev–Trinajstić information content (AvgIpc) is 2.86. The molecule has 21 heavy (non-hydrogen) atoms. The molecule has 0 aliphatic heterocycles. The quantitative estimate of drug-likeness (QED) is 0.714. The first kappa shape index (κ1) is 15.4. The van der Waals surface area contributed by atoms with Gasteiger partial charge in [0.1, 0.15) is 11.3 Å². The van der Waals surface area contributed by atoms with Gasteiger partial charge in [-0.05, 0) is 38.5 Å². The molecule has 3 nitrogen and oxygen atoms in total. The Morgan fingerprint density at radius 2 is 2.24 bits per heavy atom. The van der Waals surface area contributed by atoms with E-state index in [2.05, 4.69) is 20.8 Å². The molecule has 1 saturated carbocycles. The van der Waals surface area contributed by atoms with Crippen molar-refractivity contribution in [3.63, 3.8) is 0 Å². The number of fused-ring (bicyclic) bond motifs is 1. The summed E-state index contributed by atoms with van der Waals surface area (Å²) in [6.07, 6.45) is 8.77. The van der Waals surface area contributed by atoms with Crippen molar-refractivity contribution in [1.29, 1.82) is 0 Å². The van der Waals surface area contributed by atoms with E-state index in [4.69, 9.17) is 23.2 Å². The van der Waals surface area contributed by atoms with Crippen LogP contribution in [0.5, 0.6) is 0 Å². The molecule has 114 valence electrons. The number of alkyl halides is 1. The van der Waals surface area contributed by atoms with Crippen LogP contribution in [0, 0.1) is 0 Å². The van der Waals surface area contributed by atoms with Crippen LogP contribution in [-0.4, -0.2) is 26.0 Å². The lowest BCUT2D eigenvalue weighted by molar-refractivity contribution is 0.358. The molecule has 1 fully saturated rings. The summed E-state index contributed by atoms with van der Waals surface area (Å²) in [5, 5.41) is 1.20. The first-order chi connectivity index (χ1) is 10.1. The number of nitrogens with zero attached hydrogens (tertiary/aromatic N) is 3. The van der Waals surface area contributed by atoms with E-state index in [9.17, 15) is 0 Å². The smallest absolute Gasteiger partial charge is 0.160 e. The fourth-order valence-electron chi connectivity index (χ4n) is 3.18. The summed E-state index contributed by atoms with van der Waals surface area (Å²) in [7, 11) is 0. The summed E-state index contributed by atoms with van der Waals surface area (Å²) in [6, 6.07) is 2.31. The van der Waals surface area contributed by atoms with Gasteiger partial charge in [-0.25, -0.2) is 9.97 Å². The Labute approximate surface area is 139 Å². The minimum atomic E-state index is -0.132. The highest BCUT2D eigenvalue weighted by molar-refractivity contribution is 7.99. The Morgan fingerprint density at radius 1 is 1.43 bits per heavy atom. The topological polar surface area (TPSA) is 30.7 Å². The summed E-state index contributed by atoms with van der Waals surface area (Å²) >= 11 is 14.4. The maximum absolute atomic E-state index is 6.36. The summed E-state index contributed by atoms with van der Waals surface area (Å²) < 4.78 is 2.26. The lowest BCUT2D eigenvalue weighted by Crippen LogP contribution is -2.22. The molecule has 1 aliphatic carbocycles. The van der Waals surface area contributed by atoms with E-state index in [1.54, 1.807) is 6.20 Å². The highest BCUT2D eigenvalue weighted by atomic mass is 35.5. The van der Waals surface area contributed by atoms with Gasteiger partial charge >= 0.3 is 0 Å². The van der Waals surface area contributed by atoms with Crippen molar-refractivity contribution in [2.75, 3.05) is 6.26 Å². The molecule has 3 rings (SSSR count). The van der Waals surface area contributed by atoms with Crippen LogP contribution in [0.25, 0.3) is 11.2 Å². The highest BCUT2D eigenvalue weighted by Crippen LogP contribution is 2.38. The van der Waals surface area contributed by atoms with Crippen LogP contribution in [0.15, 0.2) is 12.3 Å². The molecule has 2 heterocycles. The highest BCUT2D eigenvalue weighted by Gasteiger charge is 2.27. The van der Waals surface area contributed by atoms with Crippen molar-refractivity contribution >= 4 is 46.1 Å². The van der Waals surface area contributed by atoms with E-state index >= 15 is 0 Å². The number of pyridine rings is 1. The van der Waals surface area contributed by atoms with Crippen molar-refractivity contribution < 1.29 is 0 Å². The van der Waals surface area contributed by atoms with Gasteiger partial charge in [-0.15, -0.1) is 11.6 Å². The fraction of sp³-hybridized carbons (Fsp3) is 0.600. The van der Waals surface area contributed by atoms with Gasteiger partial charge in [0.15, 0.2) is 5.65 Å². The monoisotopic (exact) mass is 343 g/mol. The summed E-state index contributed by atoms with van der Waals surface area (Å²) in [4.78, 5) is 9.19. The number of thioether (sulfide) groups is 1. The van der Waals surface area contributed by atoms with Gasteiger partial charge in [0.05, 0.1) is 10.4 Å². The van der Waals surface area contributed by atoms with Crippen molar-refractivity contribution in [2.45, 2.75) is 49.3 Å². The number of imidazole rings is 1. The molecule has 0 radical (unpaired) electrons. The van der Waals surface area contributed by atoms with E-state index in [1.165, 1.54) is 19.3 Å². The Balaban J connectivity index is 2.08. The largest absolute Gasteiger partial charge is 0.308 e. The zero-order valence-corrected chi connectivity index (χ0v) is 14.5. The van der Waals surface area contributed by atoms with Gasteiger partial charge in [-0.3, -0.25) is 0 Å². The van der Waals surface area contributed by atoms with E-state index in [0.29, 0.717) is 16.3 Å². The van der Waals surface area contributed by atoms with Gasteiger partial charge in [-0.2, -0.15) is 11.8 Å². The molecule has 0 spiro atoms. The van der Waals surface area contributed by atoms with Gasteiger partial charge in [-0.1, -0.05) is 18.0 Å². The maximum Gasteiger partial charge on any atom is 0.160 e. The molecule has 0 aromatic carbocycles. The molecular weight excluding hydrogens is 325 g/mol. The molecule has 0 saturated heterocycles. The number of hydrogen-bond acceptors (Lipinski definition) is 3. The van der Waals surface area contributed by atoms with Crippen molar-refractivity contribution in [3.8, 4) is 0 Å². The molecular formula is C15H19Cl2N3S. The van der Waals surface area contributed by atoms with Crippen molar-refractivity contribution in [3.05, 3.63) is 23.1 Å². The normalized spacial score (nSPS) is 24.4. The molecule has 3 unspecified atom stereocenters. The molecule has 2 aromatic rings. The standard InChI is InChI=1S/C15H19Cl2N3S/c1-9(16)14-19-13-6-10(17)8-18-15(13)20(14)11-4-3-5-12(7-11)21-2/h6,8-9,11-12H,3-5,7H2,1-2H3. The second kappa shape index (κ2) is 6.35. The van der Waals surface area contributed by atoms with Crippen LogP contribution in [-0.2, 0) is 0 Å². The predicted molar refractivity (Wildman–Crippen MR) is 91.6 cm³/mol. The van der Waals surface area contributed by atoms with E-state index in [1.807, 2.05) is 24.8 Å². The van der Waals surface area contributed by atoms with Crippen LogP contribution < -0.4 is 0 Å². The predicted octanol–water partition coefficient (Wildman–Crippen LogP) is 5.23. The Bertz CT molecular complexity index is 641.